The molecule has 1 rings (SSSR count). The van der Waals surface area contributed by atoms with Crippen LogP contribution < -0.4 is 8.92 Å². The molecule has 0 saturated carbocycles. The van der Waals surface area contributed by atoms with E-state index in [1.165, 1.54) is 13.4 Å². The Morgan fingerprint density at radius 3 is 2.56 bits per heavy atom. The first-order valence-corrected chi connectivity index (χ1v) is 6.03. The van der Waals surface area contributed by atoms with E-state index in [1.807, 2.05) is 0 Å². The maximum atomic E-state index is 3.05. The fourth-order valence-corrected chi connectivity index (χ4v) is 3.71. The third-order valence-corrected chi connectivity index (χ3v) is 5.88. The summed E-state index contributed by atoms with van der Waals surface area (Å²) in [6.45, 7) is 2.17. The molecule has 3 heteroatoms. The molecule has 0 fully saturated rings. The summed E-state index contributed by atoms with van der Waals surface area (Å²) in [5.74, 6) is 0. The Labute approximate surface area is 77.4 Å². The Hall–Kier alpha value is 0.908. The van der Waals surface area contributed by atoms with Crippen LogP contribution in [0.5, 0.6) is 0 Å². The summed E-state index contributed by atoms with van der Waals surface area (Å²) >= 11 is 6.66. The van der Waals surface area contributed by atoms with Crippen LogP contribution in [0.4, 0.5) is 0 Å². The van der Waals surface area contributed by atoms with Gasteiger partial charge >= 0.3 is 77.8 Å². The second-order valence-corrected chi connectivity index (χ2v) is 5.80. The Morgan fingerprint density at radius 1 is 1.44 bits per heavy atom. The van der Waals surface area contributed by atoms with Crippen molar-refractivity contribution in [2.45, 2.75) is 6.92 Å². The molecule has 0 aliphatic heterocycles. The monoisotopic (exact) mass is 317 g/mol. The topological polar surface area (TPSA) is 0 Å². The molecule has 2 radical (unpaired) electrons. The summed E-state index contributed by atoms with van der Waals surface area (Å²) in [5, 5.41) is 0. The fraction of sp³-hybridized carbons (Fsp3) is 0.167. The van der Waals surface area contributed by atoms with E-state index in [9.17, 15) is 0 Å². The molecule has 0 unspecified atom stereocenters. The first-order chi connectivity index (χ1) is 4.22. The average molecular weight is 314 g/mol. The molecule has 0 aromatic carbocycles. The first kappa shape index (κ1) is 8.01. The van der Waals surface area contributed by atoms with Gasteiger partial charge < -0.3 is 0 Å². The van der Waals surface area contributed by atoms with Crippen LogP contribution in [0.25, 0.3) is 0 Å². The van der Waals surface area contributed by atoms with E-state index in [2.05, 4.69) is 50.0 Å². The molecule has 1 aromatic heterocycles. The zero-order chi connectivity index (χ0) is 6.85. The summed E-state index contributed by atoms with van der Waals surface area (Å²) < 4.78 is 4.05. The van der Waals surface area contributed by atoms with Gasteiger partial charge in [0.25, 0.3) is 0 Å². The molecule has 0 spiro atoms. The van der Waals surface area contributed by atoms with Crippen molar-refractivity contribution in [3.8, 4) is 0 Å². The van der Waals surface area contributed by atoms with Gasteiger partial charge in [-0.25, -0.2) is 0 Å². The van der Waals surface area contributed by atoms with Crippen molar-refractivity contribution in [3.05, 3.63) is 15.4 Å². The summed E-state index contributed by atoms with van der Waals surface area (Å²) in [5.41, 5.74) is 0. The molecule has 0 saturated heterocycles. The fourth-order valence-electron chi connectivity index (χ4n) is 0.501. The minimum absolute atomic E-state index is 0.591. The summed E-state index contributed by atoms with van der Waals surface area (Å²) in [4.78, 5) is 2.23. The molecule has 1 heterocycles. The third-order valence-electron chi connectivity index (χ3n) is 1.01. The van der Waals surface area contributed by atoms with Gasteiger partial charge in [0.05, 0.1) is 0 Å². The van der Waals surface area contributed by atoms with Crippen LogP contribution in [-0.2, 0) is 0 Å². The van der Waals surface area contributed by atoms with Crippen LogP contribution in [0.3, 0.4) is 0 Å². The molecular weight excluding hydrogens is 309 g/mol. The predicted molar refractivity (Wildman–Crippen MR) is 43.3 cm³/mol. The average Bonchev–Trinajstić information content (AvgIpc) is 1.83. The molecule has 0 nitrogen and oxygen atoms in total. The Morgan fingerprint density at radius 2 is 2.11 bits per heavy atom. The van der Waals surface area contributed by atoms with E-state index >= 15 is 0 Å². The van der Waals surface area contributed by atoms with Crippen molar-refractivity contribution in [3.63, 3.8) is 0 Å². The second kappa shape index (κ2) is 3.34. The summed E-state index contributed by atoms with van der Waals surface area (Å²) in [7, 11) is 0. The molecule has 0 amide bonds. The van der Waals surface area contributed by atoms with Crippen LogP contribution in [0.2, 0.25) is 0 Å². The standard InChI is InChI=1S/C6H5Se3/c1-4-6(8)5(7)2-3-9-4/h2-3H,1H3/q+1. The number of hydrogen-bond acceptors (Lipinski definition) is 0. The van der Waals surface area contributed by atoms with Gasteiger partial charge in [0, 0.05) is 0 Å². The Kier molecular flexibility index (Phi) is 2.98. The van der Waals surface area contributed by atoms with Crippen molar-refractivity contribution < 1.29 is 0 Å². The van der Waals surface area contributed by atoms with Crippen LogP contribution in [0.1, 0.15) is 4.44 Å². The molecule has 0 atom stereocenters. The van der Waals surface area contributed by atoms with E-state index in [1.54, 1.807) is 0 Å². The SMILES string of the molecule is Cc1[se+]ccc([Se])c1[Se]. The van der Waals surface area contributed by atoms with Crippen molar-refractivity contribution >= 4 is 55.5 Å². The van der Waals surface area contributed by atoms with Crippen LogP contribution >= 0.6 is 0 Å². The molecule has 0 aliphatic carbocycles. The van der Waals surface area contributed by atoms with Crippen molar-refractivity contribution in [2.75, 3.05) is 0 Å². The van der Waals surface area contributed by atoms with Gasteiger partial charge in [0.2, 0.25) is 0 Å². The molecule has 1 aromatic rings. The van der Waals surface area contributed by atoms with Gasteiger partial charge in [0.15, 0.2) is 0 Å². The number of hydrogen-bond donors (Lipinski definition) is 0. The maximum absolute atomic E-state index is 3.05. The zero-order valence-electron chi connectivity index (χ0n) is 4.88. The van der Waals surface area contributed by atoms with E-state index in [4.69, 9.17) is 0 Å². The van der Waals surface area contributed by atoms with Crippen molar-refractivity contribution in [2.24, 2.45) is 0 Å². The van der Waals surface area contributed by atoms with E-state index < -0.39 is 0 Å². The Balaban J connectivity index is 3.25. The van der Waals surface area contributed by atoms with Gasteiger partial charge in [0.1, 0.15) is 0 Å². The molecule has 0 bridgehead atoms. The Bertz CT molecular complexity index is 199. The number of aryl methyl sites for hydroxylation is 1. The minimum atomic E-state index is 0.591. The van der Waals surface area contributed by atoms with Gasteiger partial charge in [-0.2, -0.15) is 0 Å². The van der Waals surface area contributed by atoms with Crippen LogP contribution in [0, 0.1) is 6.92 Å². The quantitative estimate of drug-likeness (QED) is 0.535. The molecular formula is C6H5Se3+. The molecule has 46 valence electrons. The van der Waals surface area contributed by atoms with E-state index in [-0.39, 0.29) is 0 Å². The summed E-state index contributed by atoms with van der Waals surface area (Å²) in [6.07, 6.45) is 0. The van der Waals surface area contributed by atoms with Crippen LogP contribution in [-0.4, -0.2) is 46.5 Å². The van der Waals surface area contributed by atoms with Crippen molar-refractivity contribution in [1.29, 1.82) is 0 Å². The zero-order valence-corrected chi connectivity index (χ0v) is 10.0. The van der Waals surface area contributed by atoms with E-state index in [0.29, 0.717) is 14.5 Å². The molecule has 0 N–H and O–H groups in total. The molecule has 0 aliphatic rings. The predicted octanol–water partition coefficient (Wildman–Crippen LogP) is -1.08. The van der Waals surface area contributed by atoms with Gasteiger partial charge in [-0.1, -0.05) is 0 Å². The van der Waals surface area contributed by atoms with Crippen LogP contribution in [0.15, 0.2) is 11.0 Å². The summed E-state index contributed by atoms with van der Waals surface area (Å²) in [6, 6.07) is 2.14. The van der Waals surface area contributed by atoms with E-state index in [0.717, 1.165) is 0 Å². The molecule has 9 heavy (non-hydrogen) atoms. The van der Waals surface area contributed by atoms with Gasteiger partial charge in [-0.05, 0) is 0 Å². The second-order valence-electron chi connectivity index (χ2n) is 1.67. The van der Waals surface area contributed by atoms with Gasteiger partial charge in [-0.15, -0.1) is 0 Å². The first-order valence-electron chi connectivity index (χ1n) is 2.47. The van der Waals surface area contributed by atoms with Gasteiger partial charge in [-0.3, -0.25) is 0 Å². The third kappa shape index (κ3) is 1.91. The number of rotatable bonds is 0. The normalized spacial score (nSPS) is 9.44. The van der Waals surface area contributed by atoms with Crippen molar-refractivity contribution in [1.82, 2.24) is 0 Å².